The Hall–Kier alpha value is -2.38. The maximum absolute atomic E-state index is 12.8. The lowest BCUT2D eigenvalue weighted by Crippen LogP contribution is -2.35. The number of nitrogens with zero attached hydrogens (tertiary/aromatic N) is 1. The lowest BCUT2D eigenvalue weighted by Gasteiger charge is -2.24. The van der Waals surface area contributed by atoms with Crippen LogP contribution in [0.15, 0.2) is 53.4 Å². The molecule has 1 saturated heterocycles. The van der Waals surface area contributed by atoms with Crippen LogP contribution in [0.5, 0.6) is 0 Å². The largest absolute Gasteiger partial charge is 0.381 e. The van der Waals surface area contributed by atoms with Gasteiger partial charge in [-0.3, -0.25) is 9.52 Å². The quantitative estimate of drug-likeness (QED) is 0.771. The zero-order valence-corrected chi connectivity index (χ0v) is 17.0. The van der Waals surface area contributed by atoms with Crippen LogP contribution in [0.3, 0.4) is 0 Å². The van der Waals surface area contributed by atoms with Crippen LogP contribution in [0.25, 0.3) is 0 Å². The van der Waals surface area contributed by atoms with Crippen LogP contribution >= 0.6 is 0 Å². The van der Waals surface area contributed by atoms with Gasteiger partial charge in [0.05, 0.1) is 17.2 Å². The van der Waals surface area contributed by atoms with Gasteiger partial charge in [0.1, 0.15) is 0 Å². The Kier molecular flexibility index (Phi) is 6.36. The van der Waals surface area contributed by atoms with E-state index in [9.17, 15) is 13.2 Å². The molecule has 2 aromatic carbocycles. The van der Waals surface area contributed by atoms with Gasteiger partial charge in [0, 0.05) is 31.2 Å². The Morgan fingerprint density at radius 1 is 1.18 bits per heavy atom. The van der Waals surface area contributed by atoms with Gasteiger partial charge in [0.25, 0.3) is 15.9 Å². The van der Waals surface area contributed by atoms with Gasteiger partial charge >= 0.3 is 0 Å². The zero-order chi connectivity index (χ0) is 20.1. The third kappa shape index (κ3) is 4.72. The number of sulfonamides is 1. The number of nitrogens with one attached hydrogen (secondary N) is 1. The van der Waals surface area contributed by atoms with Crippen molar-refractivity contribution in [3.8, 4) is 0 Å². The highest BCUT2D eigenvalue weighted by molar-refractivity contribution is 7.92. The Bertz CT molecular complexity index is 920. The molecule has 3 rings (SSSR count). The van der Waals surface area contributed by atoms with Gasteiger partial charge in [0.2, 0.25) is 0 Å². The summed E-state index contributed by atoms with van der Waals surface area (Å²) in [7, 11) is -3.71. The number of carbonyl (C=O) groups is 1. The normalized spacial score (nSPS) is 16.7. The minimum atomic E-state index is -3.71. The average Bonchev–Trinajstić information content (AvgIpc) is 3.20. The molecule has 0 radical (unpaired) electrons. The molecule has 2 aromatic rings. The summed E-state index contributed by atoms with van der Waals surface area (Å²) in [6.07, 6.45) is 0.964. The SMILES string of the molecule is CCN(CC1CCOC1)C(=O)c1ccc(S(=O)(=O)Nc2ccccc2C)cc1. The van der Waals surface area contributed by atoms with E-state index in [1.807, 2.05) is 26.0 Å². The molecule has 6 nitrogen and oxygen atoms in total. The molecule has 1 fully saturated rings. The molecule has 0 aromatic heterocycles. The monoisotopic (exact) mass is 402 g/mol. The van der Waals surface area contributed by atoms with Crippen molar-refractivity contribution in [2.45, 2.75) is 25.2 Å². The van der Waals surface area contributed by atoms with Crippen molar-refractivity contribution in [3.63, 3.8) is 0 Å². The Balaban J connectivity index is 1.72. The molecule has 1 amide bonds. The van der Waals surface area contributed by atoms with Crippen molar-refractivity contribution >= 4 is 21.6 Å². The fourth-order valence-electron chi connectivity index (χ4n) is 3.24. The number of amides is 1. The van der Waals surface area contributed by atoms with Gasteiger partial charge in [-0.1, -0.05) is 18.2 Å². The van der Waals surface area contributed by atoms with Gasteiger partial charge in [-0.25, -0.2) is 8.42 Å². The molecular weight excluding hydrogens is 376 g/mol. The first kappa shape index (κ1) is 20.4. The van der Waals surface area contributed by atoms with Crippen molar-refractivity contribution in [2.24, 2.45) is 5.92 Å². The molecule has 0 saturated carbocycles. The number of ether oxygens (including phenoxy) is 1. The van der Waals surface area contributed by atoms with Crippen molar-refractivity contribution in [1.29, 1.82) is 0 Å². The summed E-state index contributed by atoms with van der Waals surface area (Å²) in [5.74, 6) is 0.270. The van der Waals surface area contributed by atoms with E-state index in [-0.39, 0.29) is 10.8 Å². The molecule has 0 aliphatic carbocycles. The highest BCUT2D eigenvalue weighted by Gasteiger charge is 2.23. The molecular formula is C21H26N2O4S. The molecule has 7 heteroatoms. The average molecular weight is 403 g/mol. The number of para-hydroxylation sites is 1. The molecule has 150 valence electrons. The van der Waals surface area contributed by atoms with Crippen molar-refractivity contribution < 1.29 is 17.9 Å². The summed E-state index contributed by atoms with van der Waals surface area (Å²) < 4.78 is 33.3. The number of rotatable bonds is 7. The summed E-state index contributed by atoms with van der Waals surface area (Å²) in [6.45, 7) is 6.48. The standard InChI is InChI=1S/C21H26N2O4S/c1-3-23(14-17-12-13-27-15-17)21(24)18-8-10-19(11-9-18)28(25,26)22-20-7-5-4-6-16(20)2/h4-11,17,22H,3,12-15H2,1-2H3. The van der Waals surface area contributed by atoms with E-state index >= 15 is 0 Å². The first-order valence-corrected chi connectivity index (χ1v) is 10.9. The van der Waals surface area contributed by atoms with Crippen LogP contribution in [0.4, 0.5) is 5.69 Å². The van der Waals surface area contributed by atoms with Crippen LogP contribution in [0.1, 0.15) is 29.3 Å². The molecule has 1 aliphatic heterocycles. The minimum absolute atomic E-state index is 0.0924. The van der Waals surface area contributed by atoms with Crippen LogP contribution < -0.4 is 4.72 Å². The number of anilines is 1. The topological polar surface area (TPSA) is 75.7 Å². The highest BCUT2D eigenvalue weighted by Crippen LogP contribution is 2.21. The molecule has 1 aliphatic rings. The van der Waals surface area contributed by atoms with E-state index in [2.05, 4.69) is 4.72 Å². The predicted molar refractivity (Wildman–Crippen MR) is 109 cm³/mol. The number of aryl methyl sites for hydroxylation is 1. The molecule has 1 heterocycles. The second-order valence-electron chi connectivity index (χ2n) is 7.02. The summed E-state index contributed by atoms with van der Waals surface area (Å²) in [5, 5.41) is 0. The van der Waals surface area contributed by atoms with Gasteiger partial charge in [-0.05, 0) is 56.2 Å². The second kappa shape index (κ2) is 8.75. The van der Waals surface area contributed by atoms with E-state index in [0.29, 0.717) is 36.9 Å². The zero-order valence-electron chi connectivity index (χ0n) is 16.2. The van der Waals surface area contributed by atoms with Crippen LogP contribution in [0.2, 0.25) is 0 Å². The number of hydrogen-bond acceptors (Lipinski definition) is 4. The lowest BCUT2D eigenvalue weighted by molar-refractivity contribution is 0.0730. The number of carbonyl (C=O) groups excluding carboxylic acids is 1. The maximum Gasteiger partial charge on any atom is 0.261 e. The Labute approximate surface area is 166 Å². The summed E-state index contributed by atoms with van der Waals surface area (Å²) in [5.41, 5.74) is 1.86. The first-order valence-electron chi connectivity index (χ1n) is 9.46. The highest BCUT2D eigenvalue weighted by atomic mass is 32.2. The van der Waals surface area contributed by atoms with E-state index < -0.39 is 10.0 Å². The van der Waals surface area contributed by atoms with Crippen molar-refractivity contribution in [1.82, 2.24) is 4.90 Å². The second-order valence-corrected chi connectivity index (χ2v) is 8.70. The Morgan fingerprint density at radius 3 is 2.50 bits per heavy atom. The van der Waals surface area contributed by atoms with Crippen LogP contribution in [-0.4, -0.2) is 45.5 Å². The van der Waals surface area contributed by atoms with Gasteiger partial charge in [-0.15, -0.1) is 0 Å². The van der Waals surface area contributed by atoms with Crippen molar-refractivity contribution in [3.05, 3.63) is 59.7 Å². The third-order valence-corrected chi connectivity index (χ3v) is 6.35. The number of benzene rings is 2. The summed E-state index contributed by atoms with van der Waals surface area (Å²) >= 11 is 0. The molecule has 0 spiro atoms. The van der Waals surface area contributed by atoms with Crippen LogP contribution in [-0.2, 0) is 14.8 Å². The predicted octanol–water partition coefficient (Wildman–Crippen LogP) is 3.29. The van der Waals surface area contributed by atoms with Gasteiger partial charge in [-0.2, -0.15) is 0 Å². The summed E-state index contributed by atoms with van der Waals surface area (Å²) in [4.78, 5) is 14.7. The van der Waals surface area contributed by atoms with E-state index in [1.54, 1.807) is 29.2 Å². The van der Waals surface area contributed by atoms with Gasteiger partial charge in [0.15, 0.2) is 0 Å². The fraction of sp³-hybridized carbons (Fsp3) is 0.381. The van der Waals surface area contributed by atoms with E-state index in [1.165, 1.54) is 12.1 Å². The molecule has 1 atom stereocenters. The number of hydrogen-bond donors (Lipinski definition) is 1. The molecule has 1 N–H and O–H groups in total. The van der Waals surface area contributed by atoms with E-state index in [0.717, 1.165) is 18.6 Å². The minimum Gasteiger partial charge on any atom is -0.381 e. The fourth-order valence-corrected chi connectivity index (χ4v) is 4.38. The molecule has 1 unspecified atom stereocenters. The summed E-state index contributed by atoms with van der Waals surface area (Å²) in [6, 6.07) is 13.3. The maximum atomic E-state index is 12.8. The van der Waals surface area contributed by atoms with Crippen molar-refractivity contribution in [2.75, 3.05) is 31.0 Å². The Morgan fingerprint density at radius 2 is 1.89 bits per heavy atom. The van der Waals surface area contributed by atoms with E-state index in [4.69, 9.17) is 4.74 Å². The first-order chi connectivity index (χ1) is 13.4. The van der Waals surface area contributed by atoms with Gasteiger partial charge < -0.3 is 9.64 Å². The third-order valence-electron chi connectivity index (χ3n) is 4.97. The smallest absolute Gasteiger partial charge is 0.261 e. The molecule has 0 bridgehead atoms. The van der Waals surface area contributed by atoms with Crippen LogP contribution in [0, 0.1) is 12.8 Å². The molecule has 28 heavy (non-hydrogen) atoms. The lowest BCUT2D eigenvalue weighted by atomic mass is 10.1.